The summed E-state index contributed by atoms with van der Waals surface area (Å²) >= 11 is 0. The summed E-state index contributed by atoms with van der Waals surface area (Å²) in [7, 11) is 0. The molecular formula is C18H27N. The van der Waals surface area contributed by atoms with Gasteiger partial charge in [-0.3, -0.25) is 0 Å². The quantitative estimate of drug-likeness (QED) is 0.298. The third-order valence-electron chi connectivity index (χ3n) is 2.89. The van der Waals surface area contributed by atoms with Gasteiger partial charge in [0.05, 0.1) is 0 Å². The van der Waals surface area contributed by atoms with Crippen molar-refractivity contribution in [3.63, 3.8) is 0 Å². The van der Waals surface area contributed by atoms with Crippen LogP contribution in [-0.4, -0.2) is 6.21 Å². The zero-order valence-electron chi connectivity index (χ0n) is 12.4. The van der Waals surface area contributed by atoms with Crippen molar-refractivity contribution in [3.05, 3.63) is 60.8 Å². The van der Waals surface area contributed by atoms with Gasteiger partial charge in [-0.1, -0.05) is 57.7 Å². The molecular weight excluding hydrogens is 230 g/mol. The highest BCUT2D eigenvalue weighted by Crippen LogP contribution is 2.19. The smallest absolute Gasteiger partial charge is 0.0247 e. The molecule has 0 aromatic carbocycles. The number of hydrogen-bond acceptors (Lipinski definition) is 1. The molecule has 0 heterocycles. The van der Waals surface area contributed by atoms with Crippen LogP contribution < -0.4 is 0 Å². The first-order valence-corrected chi connectivity index (χ1v) is 6.88. The minimum Gasteiger partial charge on any atom is -0.308 e. The molecule has 0 atom stereocenters. The van der Waals surface area contributed by atoms with Crippen LogP contribution in [0.25, 0.3) is 0 Å². The fraction of sp³-hybridized carbons (Fsp3) is 0.389. The molecule has 0 saturated heterocycles. The molecule has 1 heteroatoms. The van der Waals surface area contributed by atoms with E-state index < -0.39 is 0 Å². The van der Waals surface area contributed by atoms with E-state index in [-0.39, 0.29) is 0 Å². The van der Waals surface area contributed by atoms with Crippen LogP contribution in [0.5, 0.6) is 0 Å². The van der Waals surface area contributed by atoms with E-state index in [0.717, 1.165) is 29.9 Å². The van der Waals surface area contributed by atoms with Crippen molar-refractivity contribution in [2.75, 3.05) is 0 Å². The molecule has 19 heavy (non-hydrogen) atoms. The van der Waals surface area contributed by atoms with E-state index in [1.54, 1.807) is 0 Å². The second-order valence-electron chi connectivity index (χ2n) is 5.10. The SMILES string of the molecule is C=C/C=C(\C=C(\CC=C)C(=C)C=N)CCCC(C)C. The molecule has 0 rings (SSSR count). The zero-order chi connectivity index (χ0) is 14.7. The Hall–Kier alpha value is -1.63. The van der Waals surface area contributed by atoms with Crippen molar-refractivity contribution in [1.29, 1.82) is 5.41 Å². The summed E-state index contributed by atoms with van der Waals surface area (Å²) < 4.78 is 0. The van der Waals surface area contributed by atoms with Crippen molar-refractivity contribution in [2.45, 2.75) is 39.5 Å². The first-order chi connectivity index (χ1) is 9.04. The van der Waals surface area contributed by atoms with Crippen molar-refractivity contribution in [3.8, 4) is 0 Å². The molecule has 1 nitrogen and oxygen atoms in total. The molecule has 0 fully saturated rings. The van der Waals surface area contributed by atoms with E-state index in [0.29, 0.717) is 0 Å². The maximum absolute atomic E-state index is 7.32. The monoisotopic (exact) mass is 257 g/mol. The highest BCUT2D eigenvalue weighted by atomic mass is 14.3. The summed E-state index contributed by atoms with van der Waals surface area (Å²) in [5.41, 5.74) is 3.05. The van der Waals surface area contributed by atoms with Crippen LogP contribution in [0.4, 0.5) is 0 Å². The van der Waals surface area contributed by atoms with Gasteiger partial charge >= 0.3 is 0 Å². The normalized spacial score (nSPS) is 12.4. The first kappa shape index (κ1) is 17.4. The van der Waals surface area contributed by atoms with Crippen LogP contribution in [0, 0.1) is 11.3 Å². The summed E-state index contributed by atoms with van der Waals surface area (Å²) in [5.74, 6) is 0.734. The molecule has 0 aromatic rings. The lowest BCUT2D eigenvalue weighted by molar-refractivity contribution is 0.556. The third kappa shape index (κ3) is 8.15. The van der Waals surface area contributed by atoms with Gasteiger partial charge in [0.15, 0.2) is 0 Å². The molecule has 0 saturated carbocycles. The molecule has 0 aromatic heterocycles. The standard InChI is InChI=1S/C18H27N/c1-6-9-17(12-8-11-15(3)4)13-18(10-7-2)16(5)14-19/h6-7,9,13-15,19H,1-2,5,8,10-12H2,3-4H3/b17-9-,18-13-,19-14?. The van der Waals surface area contributed by atoms with Crippen LogP contribution in [0.15, 0.2) is 60.8 Å². The predicted octanol–water partition coefficient (Wildman–Crippen LogP) is 5.63. The van der Waals surface area contributed by atoms with Crippen molar-refractivity contribution >= 4 is 6.21 Å². The minimum absolute atomic E-state index is 0.734. The molecule has 0 unspecified atom stereocenters. The number of nitrogens with one attached hydrogen (secondary N) is 1. The average Bonchev–Trinajstić information content (AvgIpc) is 2.37. The molecule has 0 spiro atoms. The molecule has 0 amide bonds. The van der Waals surface area contributed by atoms with Crippen molar-refractivity contribution < 1.29 is 0 Å². The van der Waals surface area contributed by atoms with E-state index in [9.17, 15) is 0 Å². The molecule has 0 aliphatic carbocycles. The summed E-state index contributed by atoms with van der Waals surface area (Å²) in [6.45, 7) is 15.9. The highest BCUT2D eigenvalue weighted by molar-refractivity contribution is 5.81. The summed E-state index contributed by atoms with van der Waals surface area (Å²) in [6, 6.07) is 0. The van der Waals surface area contributed by atoms with Crippen LogP contribution >= 0.6 is 0 Å². The number of hydrogen-bond donors (Lipinski definition) is 1. The van der Waals surface area contributed by atoms with Crippen LogP contribution in [0.3, 0.4) is 0 Å². The fourth-order valence-electron chi connectivity index (χ4n) is 1.82. The van der Waals surface area contributed by atoms with E-state index in [4.69, 9.17) is 5.41 Å². The van der Waals surface area contributed by atoms with E-state index in [2.05, 4.69) is 39.7 Å². The summed E-state index contributed by atoms with van der Waals surface area (Å²) in [6.07, 6.45) is 13.3. The summed E-state index contributed by atoms with van der Waals surface area (Å²) in [4.78, 5) is 0. The largest absolute Gasteiger partial charge is 0.308 e. The van der Waals surface area contributed by atoms with Crippen LogP contribution in [0.2, 0.25) is 0 Å². The zero-order valence-corrected chi connectivity index (χ0v) is 12.4. The van der Waals surface area contributed by atoms with Crippen LogP contribution in [0.1, 0.15) is 39.5 Å². The van der Waals surface area contributed by atoms with Gasteiger partial charge in [0.25, 0.3) is 0 Å². The highest BCUT2D eigenvalue weighted by Gasteiger charge is 2.02. The average molecular weight is 257 g/mol. The molecule has 1 N–H and O–H groups in total. The maximum Gasteiger partial charge on any atom is 0.0247 e. The van der Waals surface area contributed by atoms with E-state index in [1.165, 1.54) is 24.6 Å². The molecule has 0 aliphatic rings. The lowest BCUT2D eigenvalue weighted by atomic mass is 9.97. The molecule has 0 bridgehead atoms. The van der Waals surface area contributed by atoms with Gasteiger partial charge in [-0.05, 0) is 41.9 Å². The second kappa shape index (κ2) is 10.3. The Balaban J connectivity index is 4.89. The lowest BCUT2D eigenvalue weighted by Gasteiger charge is -2.08. The maximum atomic E-state index is 7.32. The van der Waals surface area contributed by atoms with E-state index >= 15 is 0 Å². The van der Waals surface area contributed by atoms with Gasteiger partial charge in [0.1, 0.15) is 0 Å². The van der Waals surface area contributed by atoms with Gasteiger partial charge in [-0.15, -0.1) is 6.58 Å². The molecule has 0 radical (unpaired) electrons. The van der Waals surface area contributed by atoms with Gasteiger partial charge < -0.3 is 5.41 Å². The number of rotatable bonds is 10. The predicted molar refractivity (Wildman–Crippen MR) is 87.8 cm³/mol. The lowest BCUT2D eigenvalue weighted by Crippen LogP contribution is -1.92. The van der Waals surface area contributed by atoms with Gasteiger partial charge in [0.2, 0.25) is 0 Å². The fourth-order valence-corrected chi connectivity index (χ4v) is 1.82. The Labute approximate surface area is 118 Å². The molecule has 104 valence electrons. The van der Waals surface area contributed by atoms with Gasteiger partial charge in [-0.25, -0.2) is 0 Å². The Morgan fingerprint density at radius 2 is 1.95 bits per heavy atom. The van der Waals surface area contributed by atoms with Crippen LogP contribution in [-0.2, 0) is 0 Å². The van der Waals surface area contributed by atoms with E-state index in [1.807, 2.05) is 18.2 Å². The van der Waals surface area contributed by atoms with Gasteiger partial charge in [0, 0.05) is 6.21 Å². The Morgan fingerprint density at radius 1 is 1.26 bits per heavy atom. The molecule has 0 aliphatic heterocycles. The first-order valence-electron chi connectivity index (χ1n) is 6.88. The van der Waals surface area contributed by atoms with Crippen molar-refractivity contribution in [1.82, 2.24) is 0 Å². The van der Waals surface area contributed by atoms with Gasteiger partial charge in [-0.2, -0.15) is 0 Å². The summed E-state index contributed by atoms with van der Waals surface area (Å²) in [5, 5.41) is 7.32. The van der Waals surface area contributed by atoms with Crippen molar-refractivity contribution in [2.24, 2.45) is 5.92 Å². The minimum atomic E-state index is 0.734. The topological polar surface area (TPSA) is 23.9 Å². The third-order valence-corrected chi connectivity index (χ3v) is 2.89. The Kier molecular flexibility index (Phi) is 9.42. The Bertz CT molecular complexity index is 380. The Morgan fingerprint density at radius 3 is 2.42 bits per heavy atom. The number of allylic oxidation sites excluding steroid dienone is 7. The second-order valence-corrected chi connectivity index (χ2v) is 5.10.